The van der Waals surface area contributed by atoms with Gasteiger partial charge in [-0.1, -0.05) is 325 Å². The van der Waals surface area contributed by atoms with Gasteiger partial charge in [0.25, 0.3) is 0 Å². The van der Waals surface area contributed by atoms with Crippen LogP contribution in [0.25, 0.3) is 0 Å². The van der Waals surface area contributed by atoms with Crippen molar-refractivity contribution in [3.63, 3.8) is 0 Å². The number of ether oxygens (including phenoxy) is 4. The molecule has 0 bridgehead atoms. The van der Waals surface area contributed by atoms with Gasteiger partial charge in [0.05, 0.1) is 26.4 Å². The quantitative estimate of drug-likeness (QED) is 0.0222. The fourth-order valence-electron chi connectivity index (χ4n) is 11.3. The number of phosphoric acid groups is 2. The lowest BCUT2D eigenvalue weighted by Gasteiger charge is -2.21. The van der Waals surface area contributed by atoms with E-state index in [1.165, 1.54) is 180 Å². The Morgan fingerprint density at radius 1 is 0.298 bits per heavy atom. The molecule has 0 spiro atoms. The molecule has 0 fully saturated rings. The van der Waals surface area contributed by atoms with Crippen molar-refractivity contribution in [1.29, 1.82) is 0 Å². The number of hydrogen-bond donors (Lipinski definition) is 3. The predicted molar refractivity (Wildman–Crippen MR) is 381 cm³/mol. The van der Waals surface area contributed by atoms with E-state index >= 15 is 0 Å². The van der Waals surface area contributed by atoms with Gasteiger partial charge in [-0.2, -0.15) is 0 Å². The van der Waals surface area contributed by atoms with Crippen LogP contribution in [0.2, 0.25) is 0 Å². The molecule has 0 amide bonds. The lowest BCUT2D eigenvalue weighted by Crippen LogP contribution is -2.30. The van der Waals surface area contributed by atoms with Crippen molar-refractivity contribution in [2.24, 2.45) is 23.7 Å². The monoisotopic (exact) mass is 1380 g/mol. The molecule has 0 aromatic carbocycles. The van der Waals surface area contributed by atoms with Gasteiger partial charge in [0.1, 0.15) is 19.3 Å². The molecule has 0 heterocycles. The molecular weight excluding hydrogens is 1230 g/mol. The summed E-state index contributed by atoms with van der Waals surface area (Å²) in [6.07, 6.45) is 48.6. The van der Waals surface area contributed by atoms with Gasteiger partial charge in [-0.3, -0.25) is 37.3 Å². The number of unbranched alkanes of at least 4 members (excludes halogenated alkanes) is 37. The molecule has 0 aliphatic heterocycles. The Labute approximate surface area is 575 Å². The van der Waals surface area contributed by atoms with Gasteiger partial charge in [0, 0.05) is 25.7 Å². The highest BCUT2D eigenvalue weighted by Crippen LogP contribution is 2.45. The minimum Gasteiger partial charge on any atom is -0.462 e. The molecule has 17 nitrogen and oxygen atoms in total. The first-order chi connectivity index (χ1) is 45.1. The Bertz CT molecular complexity index is 1850. The SMILES string of the molecule is CCC(C)CCCCCCCCCCCCC(=O)OC[C@H](COP(=O)(O)OCC(O)COP(=O)(O)OC[C@@H](COC(=O)CCCCCCCCCCC(C)C)OC(=O)CCCCCCCCCCC(C)C)OC(=O)CCCCCCCCCCCCCCCCCC(C)C. The summed E-state index contributed by atoms with van der Waals surface area (Å²) in [6, 6.07) is 0. The molecule has 0 aliphatic carbocycles. The van der Waals surface area contributed by atoms with Crippen molar-refractivity contribution in [3.8, 4) is 0 Å². The molecule has 0 saturated heterocycles. The summed E-state index contributed by atoms with van der Waals surface area (Å²) >= 11 is 0. The van der Waals surface area contributed by atoms with E-state index in [1.54, 1.807) is 0 Å². The van der Waals surface area contributed by atoms with Crippen LogP contribution in [0.5, 0.6) is 0 Å². The average Bonchev–Trinajstić information content (AvgIpc) is 1.23. The zero-order valence-electron chi connectivity index (χ0n) is 61.6. The van der Waals surface area contributed by atoms with Crippen molar-refractivity contribution in [2.75, 3.05) is 39.6 Å². The van der Waals surface area contributed by atoms with Crippen LogP contribution in [0, 0.1) is 23.7 Å². The number of esters is 4. The van der Waals surface area contributed by atoms with Crippen LogP contribution in [0.1, 0.15) is 376 Å². The molecular formula is C75H146O17P2. The van der Waals surface area contributed by atoms with E-state index in [4.69, 9.17) is 37.0 Å². The van der Waals surface area contributed by atoms with Crippen molar-refractivity contribution in [2.45, 2.75) is 395 Å². The fraction of sp³-hybridized carbons (Fsp3) is 0.947. The van der Waals surface area contributed by atoms with E-state index in [0.717, 1.165) is 114 Å². The van der Waals surface area contributed by atoms with Crippen molar-refractivity contribution in [3.05, 3.63) is 0 Å². The van der Waals surface area contributed by atoms with Gasteiger partial charge in [-0.15, -0.1) is 0 Å². The summed E-state index contributed by atoms with van der Waals surface area (Å²) in [7, 11) is -9.91. The summed E-state index contributed by atoms with van der Waals surface area (Å²) < 4.78 is 68.5. The van der Waals surface area contributed by atoms with Crippen molar-refractivity contribution < 1.29 is 80.2 Å². The summed E-state index contributed by atoms with van der Waals surface area (Å²) in [5.74, 6) is 0.933. The smallest absolute Gasteiger partial charge is 0.462 e. The van der Waals surface area contributed by atoms with Crippen LogP contribution in [0.4, 0.5) is 0 Å². The van der Waals surface area contributed by atoms with Crippen molar-refractivity contribution >= 4 is 39.5 Å². The van der Waals surface area contributed by atoms with Gasteiger partial charge in [-0.05, 0) is 49.4 Å². The first kappa shape index (κ1) is 92.1. The molecule has 6 atom stereocenters. The molecule has 0 aromatic rings. The highest BCUT2D eigenvalue weighted by Gasteiger charge is 2.30. The number of carbonyl (C=O) groups is 4. The zero-order valence-corrected chi connectivity index (χ0v) is 63.4. The van der Waals surface area contributed by atoms with Crippen LogP contribution >= 0.6 is 15.6 Å². The molecule has 3 N–H and O–H groups in total. The van der Waals surface area contributed by atoms with Gasteiger partial charge in [-0.25, -0.2) is 9.13 Å². The maximum absolute atomic E-state index is 13.1. The van der Waals surface area contributed by atoms with Crippen LogP contribution in [-0.4, -0.2) is 96.7 Å². The van der Waals surface area contributed by atoms with E-state index in [9.17, 15) is 43.2 Å². The highest BCUT2D eigenvalue weighted by atomic mass is 31.2. The van der Waals surface area contributed by atoms with E-state index in [1.807, 2.05) is 0 Å². The predicted octanol–water partition coefficient (Wildman–Crippen LogP) is 21.7. The second-order valence-electron chi connectivity index (χ2n) is 28.7. The molecule has 0 radical (unpaired) electrons. The summed E-state index contributed by atoms with van der Waals surface area (Å²) in [4.78, 5) is 72.8. The van der Waals surface area contributed by atoms with Crippen molar-refractivity contribution in [1.82, 2.24) is 0 Å². The van der Waals surface area contributed by atoms with E-state index in [2.05, 4.69) is 55.4 Å². The Morgan fingerprint density at radius 2 is 0.511 bits per heavy atom. The molecule has 0 saturated carbocycles. The third-order valence-corrected chi connectivity index (χ3v) is 19.6. The lowest BCUT2D eigenvalue weighted by atomic mass is 9.99. The van der Waals surface area contributed by atoms with Crippen LogP contribution in [0.3, 0.4) is 0 Å². The lowest BCUT2D eigenvalue weighted by molar-refractivity contribution is -0.161. The van der Waals surface area contributed by atoms with Gasteiger partial charge in [0.2, 0.25) is 0 Å². The third-order valence-electron chi connectivity index (χ3n) is 17.7. The number of aliphatic hydroxyl groups is 1. The zero-order chi connectivity index (χ0) is 69.6. The second kappa shape index (κ2) is 64.4. The minimum atomic E-state index is -4.96. The Balaban J connectivity index is 5.25. The summed E-state index contributed by atoms with van der Waals surface area (Å²) in [6.45, 7) is 14.2. The second-order valence-corrected chi connectivity index (χ2v) is 31.6. The Kier molecular flexibility index (Phi) is 63.1. The van der Waals surface area contributed by atoms with Gasteiger partial charge in [0.15, 0.2) is 12.2 Å². The number of aliphatic hydroxyl groups excluding tert-OH is 1. The van der Waals surface area contributed by atoms with E-state index < -0.39 is 97.5 Å². The fourth-order valence-corrected chi connectivity index (χ4v) is 12.9. The number of carbonyl (C=O) groups excluding carboxylic acids is 4. The number of phosphoric ester groups is 2. The topological polar surface area (TPSA) is 237 Å². The normalized spacial score (nSPS) is 14.4. The molecule has 0 aliphatic rings. The maximum Gasteiger partial charge on any atom is 0.472 e. The maximum atomic E-state index is 13.1. The molecule has 4 unspecified atom stereocenters. The molecule has 0 aromatic heterocycles. The van der Waals surface area contributed by atoms with Gasteiger partial charge < -0.3 is 33.8 Å². The Hall–Kier alpha value is -1.94. The third kappa shape index (κ3) is 67.3. The van der Waals surface area contributed by atoms with Crippen LogP contribution in [0.15, 0.2) is 0 Å². The number of hydrogen-bond acceptors (Lipinski definition) is 15. The summed E-state index contributed by atoms with van der Waals surface area (Å²) in [5.41, 5.74) is 0. The first-order valence-corrected chi connectivity index (χ1v) is 41.7. The average molecular weight is 1380 g/mol. The number of rotatable bonds is 72. The van der Waals surface area contributed by atoms with E-state index in [-0.39, 0.29) is 25.7 Å². The van der Waals surface area contributed by atoms with Gasteiger partial charge >= 0.3 is 39.5 Å². The highest BCUT2D eigenvalue weighted by molar-refractivity contribution is 7.47. The largest absolute Gasteiger partial charge is 0.472 e. The molecule has 0 rings (SSSR count). The van der Waals surface area contributed by atoms with Crippen LogP contribution < -0.4 is 0 Å². The first-order valence-electron chi connectivity index (χ1n) is 38.7. The summed E-state index contributed by atoms with van der Waals surface area (Å²) in [5, 5.41) is 10.6. The molecule has 558 valence electrons. The minimum absolute atomic E-state index is 0.104. The van der Waals surface area contributed by atoms with E-state index in [0.29, 0.717) is 25.7 Å². The molecule has 19 heteroatoms. The molecule has 94 heavy (non-hydrogen) atoms. The standard InChI is InChI=1S/C75H146O17P2/c1-9-68(8)54-46-38-30-20-17-18-21-31-39-47-55-72(77)85-61-70(91-74(79)57-49-41-33-22-16-14-12-10-11-13-15-19-27-35-43-51-65(2)3)63-89-93(81,82)87-59-69(76)60-88-94(83,84)90-64-71(92-75(80)58-50-42-34-26-24-29-37-45-53-67(6)7)62-86-73(78)56-48-40-32-25-23-28-36-44-52-66(4)5/h65-71,76H,9-64H2,1-8H3,(H,81,82)(H,83,84)/t68?,69?,70-,71-/m1/s1. The van der Waals surface area contributed by atoms with Crippen LogP contribution in [-0.2, 0) is 65.4 Å². The Morgan fingerprint density at radius 3 is 0.755 bits per heavy atom.